The van der Waals surface area contributed by atoms with E-state index in [-0.39, 0.29) is 28.7 Å². The second-order valence-electron chi connectivity index (χ2n) is 12.6. The van der Waals surface area contributed by atoms with E-state index in [1.54, 1.807) is 43.6 Å². The molecule has 2 aliphatic heterocycles. The van der Waals surface area contributed by atoms with Gasteiger partial charge in [-0.1, -0.05) is 50.6 Å². The van der Waals surface area contributed by atoms with E-state index in [2.05, 4.69) is 33.9 Å². The van der Waals surface area contributed by atoms with Crippen molar-refractivity contribution in [1.29, 1.82) is 5.41 Å². The number of rotatable bonds is 4. The molecule has 5 atom stereocenters. The van der Waals surface area contributed by atoms with Crippen LogP contribution in [-0.4, -0.2) is 59.4 Å². The Morgan fingerprint density at radius 1 is 1.15 bits per heavy atom. The summed E-state index contributed by atoms with van der Waals surface area (Å²) in [6.07, 6.45) is 8.26. The molecule has 2 aromatic rings. The zero-order chi connectivity index (χ0) is 34.1. The first-order chi connectivity index (χ1) is 22.4. The maximum atomic E-state index is 14.3. The van der Waals surface area contributed by atoms with Gasteiger partial charge in [-0.2, -0.15) is 0 Å². The average Bonchev–Trinajstić information content (AvgIpc) is 3.05. The van der Waals surface area contributed by atoms with Crippen molar-refractivity contribution >= 4 is 45.2 Å². The topological polar surface area (TPSA) is 149 Å². The molecule has 4 rings (SSSR count). The summed E-state index contributed by atoms with van der Waals surface area (Å²) in [5.74, 6) is -1.33. The van der Waals surface area contributed by atoms with Gasteiger partial charge in [0.25, 0.3) is 11.8 Å². The van der Waals surface area contributed by atoms with E-state index in [0.29, 0.717) is 36.9 Å². The van der Waals surface area contributed by atoms with Crippen molar-refractivity contribution in [3.8, 4) is 5.75 Å². The normalized spacial score (nSPS) is 26.2. The number of benzene rings is 2. The smallest absolute Gasteiger partial charge is 0.286 e. The van der Waals surface area contributed by atoms with Gasteiger partial charge in [0, 0.05) is 29.9 Å². The molecule has 2 aromatic carbocycles. The fraction of sp³-hybridized carbons (Fsp3) is 0.457. The van der Waals surface area contributed by atoms with E-state index < -0.39 is 33.8 Å². The SMILES string of the molecule is C[NH2+]C=C(C=N)C(=O)NS1(=O)=NC(=O)c2ccc3c(c2)N(Cc2ccc(Cl)cc2CCCCO3)CC(C)C(C)CC=CC(O)C(C)C1. The van der Waals surface area contributed by atoms with E-state index in [1.165, 1.54) is 11.8 Å². The van der Waals surface area contributed by atoms with E-state index >= 15 is 0 Å². The Balaban J connectivity index is 1.87. The van der Waals surface area contributed by atoms with Crippen LogP contribution in [0.25, 0.3) is 0 Å². The monoisotopic (exact) mass is 684 g/mol. The van der Waals surface area contributed by atoms with Gasteiger partial charge in [0.2, 0.25) is 0 Å². The number of nitrogens with one attached hydrogen (secondary N) is 2. The highest BCUT2D eigenvalue weighted by atomic mass is 35.5. The number of nitrogens with two attached hydrogens (primary N) is 1. The molecule has 2 heterocycles. The van der Waals surface area contributed by atoms with Gasteiger partial charge < -0.3 is 25.5 Å². The van der Waals surface area contributed by atoms with Crippen molar-refractivity contribution in [2.24, 2.45) is 22.1 Å². The molecule has 2 bridgehead atoms. The molecule has 12 heteroatoms. The molecule has 5 N–H and O–H groups in total. The molecule has 2 aliphatic rings. The van der Waals surface area contributed by atoms with Crippen molar-refractivity contribution in [1.82, 2.24) is 4.72 Å². The molecule has 254 valence electrons. The Morgan fingerprint density at radius 3 is 2.68 bits per heavy atom. The minimum Gasteiger partial charge on any atom is -0.491 e. The summed E-state index contributed by atoms with van der Waals surface area (Å²) in [5.41, 5.74) is 3.19. The largest absolute Gasteiger partial charge is 0.491 e. The second-order valence-corrected chi connectivity index (χ2v) is 15.0. The molecule has 5 unspecified atom stereocenters. The van der Waals surface area contributed by atoms with Crippen LogP contribution in [0.15, 0.2) is 64.7 Å². The molecule has 47 heavy (non-hydrogen) atoms. The summed E-state index contributed by atoms with van der Waals surface area (Å²) in [6.45, 7) is 7.79. The van der Waals surface area contributed by atoms with Gasteiger partial charge in [-0.25, -0.2) is 4.21 Å². The van der Waals surface area contributed by atoms with E-state index in [1.807, 2.05) is 18.2 Å². The Kier molecular flexibility index (Phi) is 12.8. The lowest BCUT2D eigenvalue weighted by Gasteiger charge is -2.32. The number of aryl methyl sites for hydroxylation is 1. The van der Waals surface area contributed by atoms with Crippen LogP contribution < -0.4 is 19.7 Å². The number of anilines is 1. The highest BCUT2D eigenvalue weighted by Gasteiger charge is 2.27. The third-order valence-corrected chi connectivity index (χ3v) is 11.0. The number of fused-ring (bicyclic) bond motifs is 2. The lowest BCUT2D eigenvalue weighted by atomic mass is 9.91. The number of carbonyl (C=O) groups is 2. The fourth-order valence-electron chi connectivity index (χ4n) is 5.75. The number of quaternary nitrogens is 1. The predicted molar refractivity (Wildman–Crippen MR) is 187 cm³/mol. The number of hydrogen-bond donors (Lipinski definition) is 4. The maximum absolute atomic E-state index is 14.3. The average molecular weight is 685 g/mol. The summed E-state index contributed by atoms with van der Waals surface area (Å²) in [5, 5.41) is 20.8. The number of hydrogen-bond acceptors (Lipinski definition) is 7. The van der Waals surface area contributed by atoms with E-state index in [9.17, 15) is 18.9 Å². The lowest BCUT2D eigenvalue weighted by molar-refractivity contribution is -0.556. The van der Waals surface area contributed by atoms with Gasteiger partial charge in [-0.3, -0.25) is 14.3 Å². The summed E-state index contributed by atoms with van der Waals surface area (Å²) in [6, 6.07) is 11.1. The summed E-state index contributed by atoms with van der Waals surface area (Å²) >= 11 is 6.41. The van der Waals surface area contributed by atoms with E-state index in [4.69, 9.17) is 21.7 Å². The molecule has 0 aliphatic carbocycles. The van der Waals surface area contributed by atoms with Gasteiger partial charge in [-0.05, 0) is 84.9 Å². The number of ether oxygens (including phenoxy) is 1. The zero-order valence-electron chi connectivity index (χ0n) is 27.6. The zero-order valence-corrected chi connectivity index (χ0v) is 29.2. The fourth-order valence-corrected chi connectivity index (χ4v) is 7.84. The van der Waals surface area contributed by atoms with Crippen LogP contribution in [0.4, 0.5) is 5.69 Å². The highest BCUT2D eigenvalue weighted by molar-refractivity contribution is 7.92. The van der Waals surface area contributed by atoms with Crippen LogP contribution in [0, 0.1) is 23.2 Å². The predicted octanol–water partition coefficient (Wildman–Crippen LogP) is 4.66. The number of amides is 2. The number of nitrogens with zero attached hydrogens (tertiary/aromatic N) is 2. The molecule has 0 fully saturated rings. The highest BCUT2D eigenvalue weighted by Crippen LogP contribution is 2.35. The van der Waals surface area contributed by atoms with Crippen molar-refractivity contribution < 1.29 is 29.0 Å². The third kappa shape index (κ3) is 9.76. The molecule has 0 aromatic heterocycles. The number of carbonyl (C=O) groups excluding carboxylic acids is 2. The first-order valence-corrected chi connectivity index (χ1v) is 18.2. The third-order valence-electron chi connectivity index (χ3n) is 8.81. The number of halogens is 1. The standard InChI is InChI=1S/C35H46ClN5O5S/c1-23-8-7-10-32(42)25(3)22-47(45,40-35(44)29(18-37)19-38-4)39-34(43)27-12-14-33-31(17-27)41(20-24(23)2)21-28-11-13-30(36)16-26(28)9-5-6-15-46-33/h7,10-14,16-19,23-25,32,37-38,42H,5-6,8-9,15,20-22H2,1-4H3,(H,39,40,43,44,45)/p+1. The van der Waals surface area contributed by atoms with E-state index in [0.717, 1.165) is 36.7 Å². The van der Waals surface area contributed by atoms with Crippen LogP contribution in [0.5, 0.6) is 5.75 Å². The number of allylic oxidation sites excluding steroid dienone is 1. The Hall–Kier alpha value is -3.51. The first kappa shape index (κ1) is 36.3. The van der Waals surface area contributed by atoms with Crippen LogP contribution >= 0.6 is 11.6 Å². The quantitative estimate of drug-likeness (QED) is 0.209. The van der Waals surface area contributed by atoms with Gasteiger partial charge in [0.05, 0.1) is 31.2 Å². The summed E-state index contributed by atoms with van der Waals surface area (Å²) in [7, 11) is -2.04. The van der Waals surface area contributed by atoms with Crippen LogP contribution in [-0.2, 0) is 27.7 Å². The molecule has 10 nitrogen and oxygen atoms in total. The molecule has 0 radical (unpaired) electrons. The Labute approximate surface area is 283 Å². The summed E-state index contributed by atoms with van der Waals surface area (Å²) < 4.78 is 27.1. The first-order valence-electron chi connectivity index (χ1n) is 16.2. The number of aliphatic hydroxyl groups is 1. The van der Waals surface area contributed by atoms with Crippen molar-refractivity contribution in [2.45, 2.75) is 59.1 Å². The van der Waals surface area contributed by atoms with Crippen molar-refractivity contribution in [3.05, 3.63) is 82.0 Å². The minimum absolute atomic E-state index is 0.0421. The van der Waals surface area contributed by atoms with Crippen LogP contribution in [0.1, 0.15) is 61.5 Å². The van der Waals surface area contributed by atoms with Crippen molar-refractivity contribution in [2.75, 3.05) is 30.9 Å². The number of aliphatic hydroxyl groups excluding tert-OH is 1. The Bertz CT molecular complexity index is 1650. The van der Waals surface area contributed by atoms with Gasteiger partial charge >= 0.3 is 0 Å². The van der Waals surface area contributed by atoms with Gasteiger partial charge in [0.1, 0.15) is 27.4 Å². The maximum Gasteiger partial charge on any atom is 0.286 e. The van der Waals surface area contributed by atoms with Crippen LogP contribution in [0.2, 0.25) is 5.02 Å². The molecule has 0 saturated carbocycles. The summed E-state index contributed by atoms with van der Waals surface area (Å²) in [4.78, 5) is 29.1. The van der Waals surface area contributed by atoms with Gasteiger partial charge in [-0.15, -0.1) is 4.36 Å². The molecular formula is C35H47ClN5O5S+. The Morgan fingerprint density at radius 2 is 1.94 bits per heavy atom. The van der Waals surface area contributed by atoms with Gasteiger partial charge in [0.15, 0.2) is 0 Å². The van der Waals surface area contributed by atoms with Crippen LogP contribution in [0.3, 0.4) is 0 Å². The molecule has 2 amide bonds. The molecule has 0 saturated heterocycles. The lowest BCUT2D eigenvalue weighted by Crippen LogP contribution is -2.73. The molecule has 0 spiro atoms. The second kappa shape index (κ2) is 16.5. The minimum atomic E-state index is -3.73. The van der Waals surface area contributed by atoms with Crippen molar-refractivity contribution in [3.63, 3.8) is 0 Å². The molecular weight excluding hydrogens is 638 g/mol.